The molecule has 1 aromatic heterocycles. The monoisotopic (exact) mass is 287 g/mol. The number of thiophene rings is 1. The highest BCUT2D eigenvalue weighted by atomic mass is 32.1. The fourth-order valence-corrected chi connectivity index (χ4v) is 3.36. The second kappa shape index (κ2) is 5.67. The molecular formula is C16H17NO2S. The molecule has 1 amide bonds. The molecule has 1 saturated carbocycles. The smallest absolute Gasteiger partial charge is 0.224 e. The first-order valence-electron chi connectivity index (χ1n) is 6.72. The summed E-state index contributed by atoms with van der Waals surface area (Å²) in [5.41, 5.74) is 0.931. The van der Waals surface area contributed by atoms with E-state index < -0.39 is 0 Å². The third-order valence-electron chi connectivity index (χ3n) is 3.59. The van der Waals surface area contributed by atoms with Crippen LogP contribution in [0, 0.1) is 0 Å². The number of benzene rings is 1. The molecule has 2 aromatic rings. The van der Waals surface area contributed by atoms with Gasteiger partial charge in [-0.25, -0.2) is 0 Å². The number of carbonyl (C=O) groups is 1. The van der Waals surface area contributed by atoms with Crippen LogP contribution in [-0.2, 0) is 11.2 Å². The normalized spacial score (nSPS) is 20.4. The van der Waals surface area contributed by atoms with Crippen molar-refractivity contribution in [2.24, 2.45) is 0 Å². The molecule has 104 valence electrons. The molecular weight excluding hydrogens is 270 g/mol. The van der Waals surface area contributed by atoms with Crippen molar-refractivity contribution in [1.29, 1.82) is 0 Å². The van der Waals surface area contributed by atoms with Crippen LogP contribution in [0.5, 0.6) is 5.75 Å². The zero-order valence-electron chi connectivity index (χ0n) is 11.3. The van der Waals surface area contributed by atoms with Crippen LogP contribution in [-0.4, -0.2) is 19.1 Å². The first-order chi connectivity index (χ1) is 9.78. The first kappa shape index (κ1) is 13.2. The second-order valence-electron chi connectivity index (χ2n) is 5.02. The largest absolute Gasteiger partial charge is 0.496 e. The molecule has 0 bridgehead atoms. The van der Waals surface area contributed by atoms with Gasteiger partial charge >= 0.3 is 0 Å². The molecule has 1 fully saturated rings. The van der Waals surface area contributed by atoms with Crippen LogP contribution in [0.2, 0.25) is 0 Å². The van der Waals surface area contributed by atoms with Crippen molar-refractivity contribution in [1.82, 2.24) is 5.32 Å². The van der Waals surface area contributed by atoms with Crippen molar-refractivity contribution in [2.45, 2.75) is 24.8 Å². The third kappa shape index (κ3) is 2.85. The average Bonchev–Trinajstić information content (AvgIpc) is 3.01. The molecule has 1 heterocycles. The Bertz CT molecular complexity index is 594. The van der Waals surface area contributed by atoms with Gasteiger partial charge < -0.3 is 10.1 Å². The van der Waals surface area contributed by atoms with E-state index >= 15 is 0 Å². The number of para-hydroxylation sites is 1. The van der Waals surface area contributed by atoms with Gasteiger partial charge in [0.1, 0.15) is 5.75 Å². The predicted molar refractivity (Wildman–Crippen MR) is 80.3 cm³/mol. The van der Waals surface area contributed by atoms with Crippen molar-refractivity contribution < 1.29 is 9.53 Å². The van der Waals surface area contributed by atoms with Crippen LogP contribution < -0.4 is 10.1 Å². The second-order valence-corrected chi connectivity index (χ2v) is 6.00. The van der Waals surface area contributed by atoms with E-state index in [4.69, 9.17) is 4.74 Å². The SMILES string of the molecule is COc1ccccc1CC(=O)NC1CC1c1cccs1. The molecule has 1 aromatic carbocycles. The Labute approximate surface area is 122 Å². The third-order valence-corrected chi connectivity index (χ3v) is 4.59. The molecule has 3 rings (SSSR count). The minimum Gasteiger partial charge on any atom is -0.496 e. The highest BCUT2D eigenvalue weighted by molar-refractivity contribution is 7.10. The van der Waals surface area contributed by atoms with Crippen LogP contribution in [0.15, 0.2) is 41.8 Å². The summed E-state index contributed by atoms with van der Waals surface area (Å²) >= 11 is 1.76. The molecule has 3 nitrogen and oxygen atoms in total. The number of amides is 1. The standard InChI is InChI=1S/C16H17NO2S/c1-19-14-6-3-2-5-11(14)9-16(18)17-13-10-12(13)15-7-4-8-20-15/h2-8,12-13H,9-10H2,1H3,(H,17,18). The van der Waals surface area contributed by atoms with E-state index in [0.717, 1.165) is 17.7 Å². The molecule has 0 radical (unpaired) electrons. The number of hydrogen-bond acceptors (Lipinski definition) is 3. The number of carbonyl (C=O) groups excluding carboxylic acids is 1. The summed E-state index contributed by atoms with van der Waals surface area (Å²) in [6, 6.07) is 12.2. The Hall–Kier alpha value is -1.81. The molecule has 20 heavy (non-hydrogen) atoms. The number of hydrogen-bond donors (Lipinski definition) is 1. The van der Waals surface area contributed by atoms with Crippen LogP contribution in [0.1, 0.15) is 22.8 Å². The molecule has 2 unspecified atom stereocenters. The topological polar surface area (TPSA) is 38.3 Å². The van der Waals surface area contributed by atoms with Crippen LogP contribution >= 0.6 is 11.3 Å². The van der Waals surface area contributed by atoms with Gasteiger partial charge in [-0.05, 0) is 23.9 Å². The van der Waals surface area contributed by atoms with Crippen molar-refractivity contribution in [3.63, 3.8) is 0 Å². The zero-order valence-corrected chi connectivity index (χ0v) is 12.2. The van der Waals surface area contributed by atoms with Gasteiger partial charge in [-0.15, -0.1) is 11.3 Å². The van der Waals surface area contributed by atoms with E-state index in [-0.39, 0.29) is 5.91 Å². The van der Waals surface area contributed by atoms with Gasteiger partial charge in [0.25, 0.3) is 0 Å². The minimum absolute atomic E-state index is 0.0681. The van der Waals surface area contributed by atoms with E-state index in [0.29, 0.717) is 18.4 Å². The van der Waals surface area contributed by atoms with Crippen molar-refractivity contribution >= 4 is 17.2 Å². The lowest BCUT2D eigenvalue weighted by Crippen LogP contribution is -2.28. The van der Waals surface area contributed by atoms with Gasteiger partial charge in [0.2, 0.25) is 5.91 Å². The fourth-order valence-electron chi connectivity index (χ4n) is 2.45. The van der Waals surface area contributed by atoms with Gasteiger partial charge in [0.15, 0.2) is 0 Å². The maximum atomic E-state index is 12.1. The van der Waals surface area contributed by atoms with Gasteiger partial charge in [-0.3, -0.25) is 4.79 Å². The maximum absolute atomic E-state index is 12.1. The summed E-state index contributed by atoms with van der Waals surface area (Å²) in [4.78, 5) is 13.5. The molecule has 4 heteroatoms. The Kier molecular flexibility index (Phi) is 3.74. The Morgan fingerprint density at radius 2 is 2.20 bits per heavy atom. The Morgan fingerprint density at radius 3 is 2.95 bits per heavy atom. The van der Waals surface area contributed by atoms with Gasteiger partial charge in [0, 0.05) is 22.4 Å². The molecule has 0 spiro atoms. The molecule has 1 N–H and O–H groups in total. The van der Waals surface area contributed by atoms with Crippen LogP contribution in [0.3, 0.4) is 0 Å². The lowest BCUT2D eigenvalue weighted by Gasteiger charge is -2.08. The highest BCUT2D eigenvalue weighted by Crippen LogP contribution is 2.42. The van der Waals surface area contributed by atoms with Crippen LogP contribution in [0.4, 0.5) is 0 Å². The van der Waals surface area contributed by atoms with E-state index in [1.807, 2.05) is 24.3 Å². The molecule has 1 aliphatic rings. The van der Waals surface area contributed by atoms with Gasteiger partial charge in [-0.2, -0.15) is 0 Å². The summed E-state index contributed by atoms with van der Waals surface area (Å²) in [6.45, 7) is 0. The maximum Gasteiger partial charge on any atom is 0.224 e. The van der Waals surface area contributed by atoms with E-state index in [1.165, 1.54) is 4.88 Å². The Morgan fingerprint density at radius 1 is 1.35 bits per heavy atom. The van der Waals surface area contributed by atoms with E-state index in [9.17, 15) is 4.79 Å². The first-order valence-corrected chi connectivity index (χ1v) is 7.60. The summed E-state index contributed by atoms with van der Waals surface area (Å²) in [7, 11) is 1.63. The lowest BCUT2D eigenvalue weighted by atomic mass is 10.1. The molecule has 1 aliphatic carbocycles. The zero-order chi connectivity index (χ0) is 13.9. The number of rotatable bonds is 5. The lowest BCUT2D eigenvalue weighted by molar-refractivity contribution is -0.120. The highest BCUT2D eigenvalue weighted by Gasteiger charge is 2.40. The van der Waals surface area contributed by atoms with Crippen molar-refractivity contribution in [3.8, 4) is 5.75 Å². The summed E-state index contributed by atoms with van der Waals surface area (Å²) < 4.78 is 5.27. The predicted octanol–water partition coefficient (Wildman–Crippen LogP) is 2.97. The minimum atomic E-state index is 0.0681. The quantitative estimate of drug-likeness (QED) is 0.918. The fraction of sp³-hybridized carbons (Fsp3) is 0.312. The number of methoxy groups -OCH3 is 1. The summed E-state index contributed by atoms with van der Waals surface area (Å²) in [5.74, 6) is 1.35. The van der Waals surface area contributed by atoms with E-state index in [2.05, 4.69) is 22.8 Å². The van der Waals surface area contributed by atoms with Crippen molar-refractivity contribution in [2.75, 3.05) is 7.11 Å². The molecule has 0 saturated heterocycles. The number of ether oxygens (including phenoxy) is 1. The summed E-state index contributed by atoms with van der Waals surface area (Å²) in [6.07, 6.45) is 1.43. The molecule has 0 aliphatic heterocycles. The van der Waals surface area contributed by atoms with Crippen LogP contribution in [0.25, 0.3) is 0 Å². The van der Waals surface area contributed by atoms with Crippen molar-refractivity contribution in [3.05, 3.63) is 52.2 Å². The van der Waals surface area contributed by atoms with Gasteiger partial charge in [-0.1, -0.05) is 24.3 Å². The summed E-state index contributed by atoms with van der Waals surface area (Å²) in [5, 5.41) is 5.19. The average molecular weight is 287 g/mol. The van der Waals surface area contributed by atoms with E-state index in [1.54, 1.807) is 18.4 Å². The molecule has 2 atom stereocenters. The Balaban J connectivity index is 1.56. The van der Waals surface area contributed by atoms with Gasteiger partial charge in [0.05, 0.1) is 13.5 Å². The number of nitrogens with one attached hydrogen (secondary N) is 1.